The summed E-state index contributed by atoms with van der Waals surface area (Å²) in [6, 6.07) is 4.76. The maximum atomic E-state index is 11.3. The molecule has 2 unspecified atom stereocenters. The number of carboxylic acids is 1. The normalized spacial score (nSPS) is 25.2. The van der Waals surface area contributed by atoms with Crippen LogP contribution in [0.3, 0.4) is 0 Å². The molecule has 0 saturated heterocycles. The quantitative estimate of drug-likeness (QED) is 0.884. The molecule has 20 heavy (non-hydrogen) atoms. The first-order chi connectivity index (χ1) is 9.27. The molecule has 1 fully saturated rings. The molecule has 4 heteroatoms. The largest absolute Gasteiger partial charge is 0.489 e. The van der Waals surface area contributed by atoms with Gasteiger partial charge in [0.05, 0.1) is 6.10 Å². The van der Waals surface area contributed by atoms with E-state index < -0.39 is 5.97 Å². The Morgan fingerprint density at radius 2 is 2.10 bits per heavy atom. The van der Waals surface area contributed by atoms with Crippen molar-refractivity contribution in [3.63, 3.8) is 0 Å². The third-order valence-corrected chi connectivity index (χ3v) is 4.05. The first-order valence-electron chi connectivity index (χ1n) is 6.96. The Morgan fingerprint density at radius 1 is 1.40 bits per heavy atom. The fraction of sp³-hybridized carbons (Fsp3) is 0.562. The van der Waals surface area contributed by atoms with Crippen LogP contribution in [0.5, 0.6) is 5.75 Å². The minimum atomic E-state index is -1.01. The SMILES string of the molecule is CC1CC(Oc2ccc(Cl)cc2C(=O)O)CC(C)(C)C1. The molecule has 1 N–H and O–H groups in total. The first kappa shape index (κ1) is 15.2. The van der Waals surface area contributed by atoms with Gasteiger partial charge in [0.25, 0.3) is 0 Å². The van der Waals surface area contributed by atoms with Crippen molar-refractivity contribution in [2.75, 3.05) is 0 Å². The maximum Gasteiger partial charge on any atom is 0.339 e. The highest BCUT2D eigenvalue weighted by Gasteiger charge is 2.33. The van der Waals surface area contributed by atoms with Crippen LogP contribution in [0, 0.1) is 11.3 Å². The van der Waals surface area contributed by atoms with Gasteiger partial charge < -0.3 is 9.84 Å². The number of benzene rings is 1. The molecule has 2 atom stereocenters. The number of halogens is 1. The van der Waals surface area contributed by atoms with Crippen LogP contribution in [0.2, 0.25) is 5.02 Å². The minimum absolute atomic E-state index is 0.0630. The van der Waals surface area contributed by atoms with Gasteiger partial charge >= 0.3 is 5.97 Å². The number of aromatic carboxylic acids is 1. The molecule has 0 amide bonds. The van der Waals surface area contributed by atoms with Gasteiger partial charge in [-0.15, -0.1) is 0 Å². The number of carboxylic acid groups (broad SMARTS) is 1. The predicted molar refractivity (Wildman–Crippen MR) is 79.6 cm³/mol. The van der Waals surface area contributed by atoms with Gasteiger partial charge in [0.2, 0.25) is 0 Å². The summed E-state index contributed by atoms with van der Waals surface area (Å²) < 4.78 is 5.97. The van der Waals surface area contributed by atoms with Gasteiger partial charge in [-0.05, 0) is 48.8 Å². The summed E-state index contributed by atoms with van der Waals surface area (Å²) in [6.45, 7) is 6.69. The van der Waals surface area contributed by atoms with Crippen LogP contribution in [0.4, 0.5) is 0 Å². The van der Waals surface area contributed by atoms with Gasteiger partial charge in [-0.3, -0.25) is 0 Å². The predicted octanol–water partition coefficient (Wildman–Crippen LogP) is 4.63. The highest BCUT2D eigenvalue weighted by molar-refractivity contribution is 6.31. The van der Waals surface area contributed by atoms with E-state index in [0.717, 1.165) is 12.8 Å². The lowest BCUT2D eigenvalue weighted by Crippen LogP contribution is -2.34. The molecule has 1 aromatic rings. The van der Waals surface area contributed by atoms with E-state index in [0.29, 0.717) is 16.7 Å². The van der Waals surface area contributed by atoms with Crippen LogP contribution < -0.4 is 4.74 Å². The van der Waals surface area contributed by atoms with Crippen molar-refractivity contribution in [1.82, 2.24) is 0 Å². The van der Waals surface area contributed by atoms with E-state index in [1.54, 1.807) is 12.1 Å². The van der Waals surface area contributed by atoms with Gasteiger partial charge in [0.15, 0.2) is 0 Å². The lowest BCUT2D eigenvalue weighted by atomic mass is 9.71. The molecule has 0 radical (unpaired) electrons. The minimum Gasteiger partial charge on any atom is -0.489 e. The fourth-order valence-corrected chi connectivity index (χ4v) is 3.47. The molecule has 0 bridgehead atoms. The van der Waals surface area contributed by atoms with Crippen LogP contribution in [0.1, 0.15) is 50.4 Å². The van der Waals surface area contributed by atoms with Gasteiger partial charge in [-0.25, -0.2) is 4.79 Å². The Morgan fingerprint density at radius 3 is 2.70 bits per heavy atom. The molecular formula is C16H21ClO3. The van der Waals surface area contributed by atoms with Crippen molar-refractivity contribution in [2.24, 2.45) is 11.3 Å². The molecule has 0 aromatic heterocycles. The monoisotopic (exact) mass is 296 g/mol. The molecular weight excluding hydrogens is 276 g/mol. The van der Waals surface area contributed by atoms with Gasteiger partial charge in [0, 0.05) is 5.02 Å². The van der Waals surface area contributed by atoms with E-state index in [-0.39, 0.29) is 17.1 Å². The number of ether oxygens (including phenoxy) is 1. The number of hydrogen-bond donors (Lipinski definition) is 1. The Balaban J connectivity index is 2.19. The molecule has 0 aliphatic heterocycles. The summed E-state index contributed by atoms with van der Waals surface area (Å²) in [4.78, 5) is 11.3. The average Bonchev–Trinajstić information content (AvgIpc) is 2.28. The zero-order valence-corrected chi connectivity index (χ0v) is 12.9. The first-order valence-corrected chi connectivity index (χ1v) is 7.34. The highest BCUT2D eigenvalue weighted by atomic mass is 35.5. The Labute approximate surface area is 124 Å². The molecule has 1 aliphatic rings. The molecule has 0 spiro atoms. The fourth-order valence-electron chi connectivity index (χ4n) is 3.30. The topological polar surface area (TPSA) is 46.5 Å². The molecule has 0 heterocycles. The van der Waals surface area contributed by atoms with Gasteiger partial charge in [-0.2, -0.15) is 0 Å². The van der Waals surface area contributed by atoms with Gasteiger partial charge in [-0.1, -0.05) is 32.4 Å². The molecule has 1 aromatic carbocycles. The zero-order valence-electron chi connectivity index (χ0n) is 12.1. The number of hydrogen-bond acceptors (Lipinski definition) is 2. The van der Waals surface area contributed by atoms with Crippen molar-refractivity contribution >= 4 is 17.6 Å². The Kier molecular flexibility index (Phi) is 4.28. The van der Waals surface area contributed by atoms with Crippen molar-refractivity contribution in [2.45, 2.75) is 46.1 Å². The molecule has 2 rings (SSSR count). The van der Waals surface area contributed by atoms with E-state index >= 15 is 0 Å². The van der Waals surface area contributed by atoms with E-state index in [2.05, 4.69) is 20.8 Å². The second-order valence-electron chi connectivity index (χ2n) is 6.60. The zero-order chi connectivity index (χ0) is 14.9. The lowest BCUT2D eigenvalue weighted by molar-refractivity contribution is 0.0532. The van der Waals surface area contributed by atoms with Crippen LogP contribution >= 0.6 is 11.6 Å². The van der Waals surface area contributed by atoms with Gasteiger partial charge in [0.1, 0.15) is 11.3 Å². The summed E-state index contributed by atoms with van der Waals surface area (Å²) in [5.74, 6) is -0.00764. The Bertz CT molecular complexity index is 510. The van der Waals surface area contributed by atoms with Crippen molar-refractivity contribution < 1.29 is 14.6 Å². The highest BCUT2D eigenvalue weighted by Crippen LogP contribution is 2.40. The summed E-state index contributed by atoms with van der Waals surface area (Å²) in [7, 11) is 0. The standard InChI is InChI=1S/C16H21ClO3/c1-10-6-12(9-16(2,3)8-10)20-14-5-4-11(17)7-13(14)15(18)19/h4-5,7,10,12H,6,8-9H2,1-3H3,(H,18,19). The lowest BCUT2D eigenvalue weighted by Gasteiger charge is -2.39. The van der Waals surface area contributed by atoms with Crippen molar-refractivity contribution in [3.05, 3.63) is 28.8 Å². The van der Waals surface area contributed by atoms with Crippen LogP contribution in [0.15, 0.2) is 18.2 Å². The third-order valence-electron chi connectivity index (χ3n) is 3.81. The summed E-state index contributed by atoms with van der Waals surface area (Å²) >= 11 is 5.85. The maximum absolute atomic E-state index is 11.3. The van der Waals surface area contributed by atoms with Crippen LogP contribution in [-0.4, -0.2) is 17.2 Å². The second-order valence-corrected chi connectivity index (χ2v) is 7.04. The van der Waals surface area contributed by atoms with Crippen molar-refractivity contribution in [1.29, 1.82) is 0 Å². The van der Waals surface area contributed by atoms with E-state index in [1.807, 2.05) is 0 Å². The number of carbonyl (C=O) groups is 1. The van der Waals surface area contributed by atoms with Crippen LogP contribution in [0.25, 0.3) is 0 Å². The van der Waals surface area contributed by atoms with Crippen LogP contribution in [-0.2, 0) is 0 Å². The molecule has 1 aliphatic carbocycles. The second kappa shape index (κ2) is 5.65. The summed E-state index contributed by atoms with van der Waals surface area (Å²) in [6.07, 6.45) is 3.15. The van der Waals surface area contributed by atoms with E-state index in [9.17, 15) is 9.90 Å². The smallest absolute Gasteiger partial charge is 0.339 e. The Hall–Kier alpha value is -1.22. The van der Waals surface area contributed by atoms with E-state index in [1.165, 1.54) is 12.5 Å². The summed E-state index contributed by atoms with van der Waals surface area (Å²) in [5, 5.41) is 9.64. The van der Waals surface area contributed by atoms with Crippen molar-refractivity contribution in [3.8, 4) is 5.75 Å². The third kappa shape index (κ3) is 3.66. The number of rotatable bonds is 3. The average molecular weight is 297 g/mol. The summed E-state index contributed by atoms with van der Waals surface area (Å²) in [5.41, 5.74) is 0.367. The molecule has 110 valence electrons. The molecule has 3 nitrogen and oxygen atoms in total. The van der Waals surface area contributed by atoms with E-state index in [4.69, 9.17) is 16.3 Å². The molecule has 1 saturated carbocycles.